The first kappa shape index (κ1) is 30.7. The topological polar surface area (TPSA) is 161 Å². The Kier molecular flexibility index (Phi) is 9.01. The molecule has 0 radical (unpaired) electrons. The van der Waals surface area contributed by atoms with E-state index in [-0.39, 0.29) is 36.8 Å². The lowest BCUT2D eigenvalue weighted by Crippen LogP contribution is -2.25. The smallest absolute Gasteiger partial charge is 0.336 e. The van der Waals surface area contributed by atoms with Gasteiger partial charge in [0.2, 0.25) is 5.36 Å². The zero-order valence-electron chi connectivity index (χ0n) is 25.1. The highest BCUT2D eigenvalue weighted by Crippen LogP contribution is 2.41. The van der Waals surface area contributed by atoms with E-state index in [9.17, 15) is 19.5 Å². The average Bonchev–Trinajstić information content (AvgIpc) is 3.03. The van der Waals surface area contributed by atoms with Gasteiger partial charge < -0.3 is 14.8 Å². The molecule has 11 nitrogen and oxygen atoms in total. The van der Waals surface area contributed by atoms with Crippen LogP contribution in [-0.2, 0) is 6.54 Å². The second-order valence-electron chi connectivity index (χ2n) is 10.8. The fraction of sp³-hybridized carbons (Fsp3) is 0.206. The van der Waals surface area contributed by atoms with Gasteiger partial charge in [-0.05, 0) is 66.4 Å². The summed E-state index contributed by atoms with van der Waals surface area (Å²) in [6.45, 7) is 2.31. The molecule has 1 aromatic heterocycles. The van der Waals surface area contributed by atoms with E-state index in [2.05, 4.69) is 20.3 Å². The lowest BCUT2D eigenvalue weighted by molar-refractivity contribution is 0.0697. The molecule has 2 aliphatic rings. The minimum atomic E-state index is -1.11. The Morgan fingerprint density at radius 3 is 2.51 bits per heavy atom. The van der Waals surface area contributed by atoms with E-state index >= 15 is 0 Å². The number of pyridine rings is 1. The first-order valence-electron chi connectivity index (χ1n) is 14.3. The van der Waals surface area contributed by atoms with E-state index in [1.54, 1.807) is 18.2 Å². The number of nitrogens with zero attached hydrogens (tertiary/aromatic N) is 5. The number of hydrogen-bond acceptors (Lipinski definition) is 6. The Bertz CT molecular complexity index is 2040. The highest BCUT2D eigenvalue weighted by Gasteiger charge is 2.23. The molecule has 1 aliphatic heterocycles. The molecule has 0 unspecified atom stereocenters. The third-order valence-electron chi connectivity index (χ3n) is 7.47. The summed E-state index contributed by atoms with van der Waals surface area (Å²) < 4.78 is 8.26. The summed E-state index contributed by atoms with van der Waals surface area (Å²) in [5, 5.41) is 18.0. The molecule has 0 atom stereocenters. The largest absolute Gasteiger partial charge is 0.478 e. The molecule has 3 aromatic rings. The van der Waals surface area contributed by atoms with Crippen molar-refractivity contribution in [2.24, 2.45) is 5.11 Å². The summed E-state index contributed by atoms with van der Waals surface area (Å²) in [5.41, 5.74) is 13.2. The predicted octanol–water partition coefficient (Wildman–Crippen LogP) is 5.84. The number of aromatic nitrogens is 1. The van der Waals surface area contributed by atoms with Gasteiger partial charge in [-0.3, -0.25) is 14.6 Å². The van der Waals surface area contributed by atoms with Gasteiger partial charge in [0.05, 0.1) is 23.7 Å². The number of aromatic carboxylic acids is 1. The summed E-state index contributed by atoms with van der Waals surface area (Å²) in [6, 6.07) is 19.4. The Morgan fingerprint density at radius 2 is 1.80 bits per heavy atom. The van der Waals surface area contributed by atoms with Crippen LogP contribution < -0.4 is 15.2 Å². The van der Waals surface area contributed by atoms with E-state index < -0.39 is 5.97 Å². The van der Waals surface area contributed by atoms with E-state index in [1.165, 1.54) is 18.3 Å². The number of amides is 1. The highest BCUT2D eigenvalue weighted by atomic mass is 16.4. The Morgan fingerprint density at radius 1 is 1.00 bits per heavy atom. The maximum absolute atomic E-state index is 13.3. The summed E-state index contributed by atoms with van der Waals surface area (Å²) in [6.07, 6.45) is 1.93. The molecule has 2 heterocycles. The van der Waals surface area contributed by atoms with Crippen LogP contribution in [0.3, 0.4) is 0 Å². The van der Waals surface area contributed by atoms with Gasteiger partial charge in [-0.15, -0.1) is 0 Å². The molecule has 0 fully saturated rings. The van der Waals surface area contributed by atoms with Crippen molar-refractivity contribution in [3.05, 3.63) is 117 Å². The van der Waals surface area contributed by atoms with E-state index in [4.69, 9.17) is 9.95 Å². The number of hydrogen-bond donors (Lipinski definition) is 2. The first-order valence-corrected chi connectivity index (χ1v) is 14.3. The Balaban J connectivity index is 1.42. The van der Waals surface area contributed by atoms with E-state index in [0.717, 1.165) is 21.9 Å². The van der Waals surface area contributed by atoms with Crippen molar-refractivity contribution in [3.8, 4) is 22.5 Å². The van der Waals surface area contributed by atoms with Crippen LogP contribution in [0.5, 0.6) is 0 Å². The number of ketones is 1. The molecule has 226 valence electrons. The number of carboxylic acid groups (broad SMARTS) is 1. The number of azide groups is 1. The number of fused-ring (bicyclic) bond motifs is 2. The summed E-state index contributed by atoms with van der Waals surface area (Å²) in [4.78, 5) is 45.0. The van der Waals surface area contributed by atoms with Gasteiger partial charge in [0.15, 0.2) is 5.78 Å². The number of aryl methyl sites for hydroxylation is 1. The van der Waals surface area contributed by atoms with Crippen molar-refractivity contribution in [2.75, 3.05) is 20.6 Å². The Labute approximate surface area is 258 Å². The molecular weight excluding hydrogens is 572 g/mol. The van der Waals surface area contributed by atoms with Crippen LogP contribution in [0.15, 0.2) is 82.5 Å². The number of carboxylic acids is 1. The quantitative estimate of drug-likeness (QED) is 0.0388. The zero-order valence-corrected chi connectivity index (χ0v) is 25.1. The van der Waals surface area contributed by atoms with Crippen LogP contribution in [-0.4, -0.2) is 48.4 Å². The maximum Gasteiger partial charge on any atom is 0.336 e. The lowest BCUT2D eigenvalue weighted by atomic mass is 9.88. The van der Waals surface area contributed by atoms with Crippen LogP contribution in [0.2, 0.25) is 0 Å². The third-order valence-corrected chi connectivity index (χ3v) is 7.47. The van der Waals surface area contributed by atoms with Crippen molar-refractivity contribution in [2.45, 2.75) is 26.3 Å². The van der Waals surface area contributed by atoms with Crippen LogP contribution in [0.25, 0.3) is 43.9 Å². The molecule has 0 spiro atoms. The van der Waals surface area contributed by atoms with Crippen LogP contribution in [0.4, 0.5) is 0 Å². The summed E-state index contributed by atoms with van der Waals surface area (Å²) >= 11 is 0. The molecule has 1 aliphatic carbocycles. The molecule has 1 amide bonds. The minimum absolute atomic E-state index is 0.0731. The van der Waals surface area contributed by atoms with Crippen LogP contribution in [0.1, 0.15) is 55.2 Å². The second-order valence-corrected chi connectivity index (χ2v) is 10.8. The average molecular weight is 604 g/mol. The van der Waals surface area contributed by atoms with Gasteiger partial charge >= 0.3 is 5.97 Å². The Hall–Kier alpha value is -5.80. The van der Waals surface area contributed by atoms with Gasteiger partial charge in [0.25, 0.3) is 5.91 Å². The fourth-order valence-corrected chi connectivity index (χ4v) is 5.12. The van der Waals surface area contributed by atoms with E-state index in [0.29, 0.717) is 45.7 Å². The standard InChI is InChI=1S/C34H30N6O5/c1-20-6-11-26-30(15-20)45-31-17-24(40(2)3)10-13-27(31)32(26)28-16-21(8-12-25(28)34(43)44)29(41)5-4-14-36-33(42)22-7-9-23(37-18-22)19-38-39-35/h6-13,15-18H,4-5,14,19H2,1-3H3,(H-,36,42,43,44)/p+1. The number of carbonyl (C=O) groups excluding carboxylic acids is 2. The molecular formula is C34H31N6O5+. The fourth-order valence-electron chi connectivity index (χ4n) is 5.12. The molecule has 0 saturated heterocycles. The third kappa shape index (κ3) is 6.74. The monoisotopic (exact) mass is 603 g/mol. The number of carbonyl (C=O) groups is 3. The maximum atomic E-state index is 13.3. The number of benzene rings is 3. The first-order chi connectivity index (χ1) is 21.7. The normalized spacial score (nSPS) is 10.8. The molecule has 5 rings (SSSR count). The number of Topliss-reactive ketones (excluding diaryl/α,β-unsaturated/α-hetero) is 1. The zero-order chi connectivity index (χ0) is 32.1. The van der Waals surface area contributed by atoms with Crippen LogP contribution >= 0.6 is 0 Å². The number of nitrogens with one attached hydrogen (secondary N) is 1. The van der Waals surface area contributed by atoms with Crippen molar-refractivity contribution < 1.29 is 23.9 Å². The predicted molar refractivity (Wildman–Crippen MR) is 170 cm³/mol. The van der Waals surface area contributed by atoms with Crippen molar-refractivity contribution in [3.63, 3.8) is 0 Å². The molecule has 0 bridgehead atoms. The highest BCUT2D eigenvalue weighted by molar-refractivity contribution is 6.09. The molecule has 45 heavy (non-hydrogen) atoms. The molecule has 2 aromatic carbocycles. The minimum Gasteiger partial charge on any atom is -0.478 e. The van der Waals surface area contributed by atoms with Crippen molar-refractivity contribution >= 4 is 28.6 Å². The summed E-state index contributed by atoms with van der Waals surface area (Å²) in [5.74, 6) is -1.02. The molecule has 0 saturated carbocycles. The van der Waals surface area contributed by atoms with Gasteiger partial charge in [-0.25, -0.2) is 9.37 Å². The van der Waals surface area contributed by atoms with Crippen LogP contribution in [0, 0.1) is 6.92 Å². The molecule has 2 N–H and O–H groups in total. The van der Waals surface area contributed by atoms with Gasteiger partial charge in [-0.1, -0.05) is 23.3 Å². The molecule has 11 heteroatoms. The lowest BCUT2D eigenvalue weighted by Gasteiger charge is -2.17. The van der Waals surface area contributed by atoms with Gasteiger partial charge in [-0.2, -0.15) is 0 Å². The number of rotatable bonds is 10. The van der Waals surface area contributed by atoms with Gasteiger partial charge in [0, 0.05) is 57.9 Å². The van der Waals surface area contributed by atoms with Crippen molar-refractivity contribution in [1.82, 2.24) is 14.9 Å². The van der Waals surface area contributed by atoms with Crippen molar-refractivity contribution in [1.29, 1.82) is 0 Å². The van der Waals surface area contributed by atoms with E-state index in [1.807, 2.05) is 62.0 Å². The summed E-state index contributed by atoms with van der Waals surface area (Å²) in [7, 11) is 3.86. The van der Waals surface area contributed by atoms with Gasteiger partial charge in [0.1, 0.15) is 25.4 Å². The SMILES string of the molecule is Cc1ccc2c(-c3cc(C(=O)CCCNC(=O)c4ccc(CN=[N+]=[N-])nc4)ccc3C(=O)O)c3ccc(=[N+](C)C)cc-3oc2c1. The second kappa shape index (κ2) is 13.2.